The van der Waals surface area contributed by atoms with E-state index in [4.69, 9.17) is 11.6 Å². The van der Waals surface area contributed by atoms with Crippen molar-refractivity contribution >= 4 is 11.6 Å². The predicted molar refractivity (Wildman–Crippen MR) is 81.7 cm³/mol. The summed E-state index contributed by atoms with van der Waals surface area (Å²) in [4.78, 5) is 0. The maximum absolute atomic E-state index is 5.98. The lowest BCUT2D eigenvalue weighted by atomic mass is 10.1. The van der Waals surface area contributed by atoms with E-state index in [1.807, 2.05) is 12.1 Å². The van der Waals surface area contributed by atoms with Gasteiger partial charge < -0.3 is 4.57 Å². The first kappa shape index (κ1) is 12.8. The summed E-state index contributed by atoms with van der Waals surface area (Å²) in [5.41, 5.74) is 4.03. The Morgan fingerprint density at radius 1 is 1.11 bits per heavy atom. The predicted octanol–water partition coefficient (Wildman–Crippen LogP) is 5.34. The summed E-state index contributed by atoms with van der Waals surface area (Å²) in [6.07, 6.45) is 2.77. The highest BCUT2D eigenvalue weighted by Gasteiger charge is 2.24. The van der Waals surface area contributed by atoms with Crippen LogP contribution in [0.3, 0.4) is 0 Å². The van der Waals surface area contributed by atoms with Crippen LogP contribution in [0, 0.1) is 5.92 Å². The molecule has 1 fully saturated rings. The second-order valence-corrected chi connectivity index (χ2v) is 6.30. The molecule has 1 aromatic carbocycles. The molecule has 0 radical (unpaired) electrons. The van der Waals surface area contributed by atoms with Gasteiger partial charge in [0.25, 0.3) is 0 Å². The van der Waals surface area contributed by atoms with Gasteiger partial charge in [-0.3, -0.25) is 0 Å². The van der Waals surface area contributed by atoms with Crippen LogP contribution in [0.2, 0.25) is 5.02 Å². The average Bonchev–Trinajstić information content (AvgIpc) is 3.09. The van der Waals surface area contributed by atoms with Crippen molar-refractivity contribution in [2.24, 2.45) is 5.92 Å². The fourth-order valence-electron chi connectivity index (χ4n) is 2.62. The Hall–Kier alpha value is -1.21. The van der Waals surface area contributed by atoms with Crippen molar-refractivity contribution in [2.75, 3.05) is 0 Å². The zero-order valence-electron chi connectivity index (χ0n) is 11.6. The number of rotatable bonds is 4. The van der Waals surface area contributed by atoms with Gasteiger partial charge in [0.15, 0.2) is 0 Å². The molecule has 19 heavy (non-hydrogen) atoms. The summed E-state index contributed by atoms with van der Waals surface area (Å²) in [7, 11) is 0. The number of benzene rings is 1. The fourth-order valence-corrected chi connectivity index (χ4v) is 2.75. The number of halogens is 1. The molecule has 2 heteroatoms. The largest absolute Gasteiger partial charge is 0.344 e. The minimum atomic E-state index is 0.569. The summed E-state index contributed by atoms with van der Waals surface area (Å²) in [6.45, 7) is 5.70. The first-order valence-electron chi connectivity index (χ1n) is 7.10. The quantitative estimate of drug-likeness (QED) is 0.708. The van der Waals surface area contributed by atoms with Gasteiger partial charge in [-0.2, -0.15) is 0 Å². The summed E-state index contributed by atoms with van der Waals surface area (Å²) in [5.74, 6) is 1.45. The van der Waals surface area contributed by atoms with Gasteiger partial charge >= 0.3 is 0 Å². The first-order valence-corrected chi connectivity index (χ1v) is 7.48. The lowest BCUT2D eigenvalue weighted by Gasteiger charge is -2.15. The molecule has 0 bridgehead atoms. The SMILES string of the molecule is CC(C)c1ccc(-c2ccc(Cl)cc2)n1CC1CC1. The smallest absolute Gasteiger partial charge is 0.0482 e. The molecule has 0 spiro atoms. The van der Waals surface area contributed by atoms with Crippen LogP contribution in [0.15, 0.2) is 36.4 Å². The van der Waals surface area contributed by atoms with Gasteiger partial charge in [0, 0.05) is 23.0 Å². The molecular weight excluding hydrogens is 254 g/mol. The van der Waals surface area contributed by atoms with E-state index in [-0.39, 0.29) is 0 Å². The molecule has 1 aromatic heterocycles. The minimum absolute atomic E-state index is 0.569. The Morgan fingerprint density at radius 3 is 2.37 bits per heavy atom. The molecule has 0 unspecified atom stereocenters. The minimum Gasteiger partial charge on any atom is -0.344 e. The molecule has 1 aliphatic carbocycles. The van der Waals surface area contributed by atoms with Crippen LogP contribution < -0.4 is 0 Å². The molecule has 0 aliphatic heterocycles. The van der Waals surface area contributed by atoms with Gasteiger partial charge in [0.1, 0.15) is 0 Å². The van der Waals surface area contributed by atoms with E-state index in [1.165, 1.54) is 36.3 Å². The second-order valence-electron chi connectivity index (χ2n) is 5.86. The van der Waals surface area contributed by atoms with Crippen LogP contribution in [-0.2, 0) is 6.54 Å². The highest BCUT2D eigenvalue weighted by atomic mass is 35.5. The Labute approximate surface area is 120 Å². The topological polar surface area (TPSA) is 4.93 Å². The van der Waals surface area contributed by atoms with Gasteiger partial charge in [-0.05, 0) is 54.5 Å². The second kappa shape index (κ2) is 5.05. The van der Waals surface area contributed by atoms with Crippen molar-refractivity contribution in [3.8, 4) is 11.3 Å². The molecule has 1 nitrogen and oxygen atoms in total. The third-order valence-electron chi connectivity index (χ3n) is 3.88. The van der Waals surface area contributed by atoms with Crippen molar-refractivity contribution < 1.29 is 0 Å². The van der Waals surface area contributed by atoms with Crippen LogP contribution in [-0.4, -0.2) is 4.57 Å². The van der Waals surface area contributed by atoms with E-state index >= 15 is 0 Å². The van der Waals surface area contributed by atoms with Gasteiger partial charge in [-0.25, -0.2) is 0 Å². The highest BCUT2D eigenvalue weighted by Crippen LogP contribution is 2.35. The molecule has 1 aliphatic rings. The molecule has 0 N–H and O–H groups in total. The molecule has 0 saturated heterocycles. The highest BCUT2D eigenvalue weighted by molar-refractivity contribution is 6.30. The van der Waals surface area contributed by atoms with Gasteiger partial charge in [-0.1, -0.05) is 37.6 Å². The van der Waals surface area contributed by atoms with E-state index in [0.29, 0.717) is 5.92 Å². The zero-order chi connectivity index (χ0) is 13.4. The maximum Gasteiger partial charge on any atom is 0.0482 e. The molecule has 100 valence electrons. The normalized spacial score (nSPS) is 15.2. The third-order valence-corrected chi connectivity index (χ3v) is 4.14. The summed E-state index contributed by atoms with van der Waals surface area (Å²) >= 11 is 5.98. The van der Waals surface area contributed by atoms with Crippen molar-refractivity contribution in [2.45, 2.75) is 39.2 Å². The number of hydrogen-bond donors (Lipinski definition) is 0. The molecule has 3 rings (SSSR count). The average molecular weight is 274 g/mol. The van der Waals surface area contributed by atoms with Crippen LogP contribution in [0.4, 0.5) is 0 Å². The zero-order valence-corrected chi connectivity index (χ0v) is 12.3. The Bertz CT molecular complexity index is 561. The van der Waals surface area contributed by atoms with E-state index in [0.717, 1.165) is 10.9 Å². The standard InChI is InChI=1S/C17H20ClN/c1-12(2)16-9-10-17(19(16)11-13-3-4-13)14-5-7-15(18)8-6-14/h5-10,12-13H,3-4,11H2,1-2H3. The summed E-state index contributed by atoms with van der Waals surface area (Å²) in [5, 5.41) is 0.799. The van der Waals surface area contributed by atoms with Crippen molar-refractivity contribution in [1.82, 2.24) is 4.57 Å². The van der Waals surface area contributed by atoms with Crippen molar-refractivity contribution in [3.63, 3.8) is 0 Å². The monoisotopic (exact) mass is 273 g/mol. The lowest BCUT2D eigenvalue weighted by Crippen LogP contribution is -2.07. The van der Waals surface area contributed by atoms with E-state index in [9.17, 15) is 0 Å². The number of aromatic nitrogens is 1. The molecule has 2 aromatic rings. The van der Waals surface area contributed by atoms with Crippen LogP contribution in [0.5, 0.6) is 0 Å². The molecular formula is C17H20ClN. The lowest BCUT2D eigenvalue weighted by molar-refractivity contribution is 0.592. The molecule has 0 atom stereocenters. The fraction of sp³-hybridized carbons (Fsp3) is 0.412. The Kier molecular flexibility index (Phi) is 3.40. The maximum atomic E-state index is 5.98. The first-order chi connectivity index (χ1) is 9.15. The van der Waals surface area contributed by atoms with Gasteiger partial charge in [0.2, 0.25) is 0 Å². The number of hydrogen-bond acceptors (Lipinski definition) is 0. The van der Waals surface area contributed by atoms with Crippen LogP contribution in [0.1, 0.15) is 38.3 Å². The van der Waals surface area contributed by atoms with Crippen LogP contribution >= 0.6 is 11.6 Å². The Morgan fingerprint density at radius 2 is 1.79 bits per heavy atom. The summed E-state index contributed by atoms with van der Waals surface area (Å²) < 4.78 is 2.51. The van der Waals surface area contributed by atoms with Crippen LogP contribution in [0.25, 0.3) is 11.3 Å². The van der Waals surface area contributed by atoms with Crippen molar-refractivity contribution in [1.29, 1.82) is 0 Å². The van der Waals surface area contributed by atoms with E-state index in [1.54, 1.807) is 0 Å². The van der Waals surface area contributed by atoms with E-state index in [2.05, 4.69) is 42.7 Å². The Balaban J connectivity index is 2.01. The summed E-state index contributed by atoms with van der Waals surface area (Å²) in [6, 6.07) is 12.7. The third kappa shape index (κ3) is 2.71. The van der Waals surface area contributed by atoms with Gasteiger partial charge in [0.05, 0.1) is 0 Å². The molecule has 0 amide bonds. The molecule has 1 saturated carbocycles. The van der Waals surface area contributed by atoms with E-state index < -0.39 is 0 Å². The van der Waals surface area contributed by atoms with Crippen molar-refractivity contribution in [3.05, 3.63) is 47.1 Å². The number of nitrogens with zero attached hydrogens (tertiary/aromatic N) is 1. The van der Waals surface area contributed by atoms with Gasteiger partial charge in [-0.15, -0.1) is 0 Å². The molecule has 1 heterocycles.